The molecule has 0 aromatic heterocycles. The number of benzene rings is 3. The second-order valence-electron chi connectivity index (χ2n) is 6.90. The van der Waals surface area contributed by atoms with E-state index in [1.165, 1.54) is 11.1 Å². The summed E-state index contributed by atoms with van der Waals surface area (Å²) in [5.41, 5.74) is 6.45. The molecular formula is C23H20ClNO. The lowest BCUT2D eigenvalue weighted by molar-refractivity contribution is 0.0736. The third-order valence-corrected chi connectivity index (χ3v) is 5.39. The Morgan fingerprint density at radius 3 is 2.42 bits per heavy atom. The summed E-state index contributed by atoms with van der Waals surface area (Å²) >= 11 is 6.26. The van der Waals surface area contributed by atoms with Gasteiger partial charge < -0.3 is 4.90 Å². The quantitative estimate of drug-likeness (QED) is 0.585. The molecule has 0 saturated heterocycles. The molecule has 4 rings (SSSR count). The lowest BCUT2D eigenvalue weighted by atomic mass is 9.95. The summed E-state index contributed by atoms with van der Waals surface area (Å²) < 4.78 is 0. The Labute approximate surface area is 159 Å². The van der Waals surface area contributed by atoms with Gasteiger partial charge in [0.25, 0.3) is 5.91 Å². The highest BCUT2D eigenvalue weighted by Crippen LogP contribution is 2.41. The van der Waals surface area contributed by atoms with Gasteiger partial charge in [-0.15, -0.1) is 0 Å². The van der Waals surface area contributed by atoms with Crippen LogP contribution in [0.2, 0.25) is 5.02 Å². The van der Waals surface area contributed by atoms with Crippen LogP contribution in [-0.4, -0.2) is 10.8 Å². The van der Waals surface area contributed by atoms with E-state index in [1.54, 1.807) is 6.07 Å². The zero-order valence-corrected chi connectivity index (χ0v) is 15.6. The summed E-state index contributed by atoms with van der Waals surface area (Å²) in [6.45, 7) is 4.78. The van der Waals surface area contributed by atoms with Crippen molar-refractivity contribution in [3.05, 3.63) is 105 Å². The van der Waals surface area contributed by atoms with E-state index in [1.807, 2.05) is 35.2 Å². The normalized spacial score (nSPS) is 16.0. The molecule has 1 unspecified atom stereocenters. The van der Waals surface area contributed by atoms with Gasteiger partial charge in [-0.1, -0.05) is 60.1 Å². The summed E-state index contributed by atoms with van der Waals surface area (Å²) in [6, 6.07) is 22.0. The van der Waals surface area contributed by atoms with E-state index in [4.69, 9.17) is 11.6 Å². The molecular weight excluding hydrogens is 342 g/mol. The van der Waals surface area contributed by atoms with Crippen molar-refractivity contribution >= 4 is 17.5 Å². The molecule has 1 aliphatic rings. The summed E-state index contributed by atoms with van der Waals surface area (Å²) in [5.74, 6) is 0.0590. The number of carbonyl (C=O) groups excluding carboxylic acids is 1. The standard InChI is InChI=1S/C23H20ClNO/c1-15-8-9-18(12-16(15)2)22-21-13-19(24)10-11-20(21)23(26)25(22)14-17-6-4-3-5-7-17/h3-13,22H,14H2,1-2H3. The molecule has 130 valence electrons. The van der Waals surface area contributed by atoms with Gasteiger partial charge in [-0.2, -0.15) is 0 Å². The Bertz CT molecular complexity index is 981. The largest absolute Gasteiger partial charge is 0.323 e. The summed E-state index contributed by atoms with van der Waals surface area (Å²) in [7, 11) is 0. The molecule has 0 aliphatic carbocycles. The van der Waals surface area contributed by atoms with Gasteiger partial charge >= 0.3 is 0 Å². The van der Waals surface area contributed by atoms with Crippen LogP contribution in [0.25, 0.3) is 0 Å². The van der Waals surface area contributed by atoms with E-state index in [9.17, 15) is 4.79 Å². The van der Waals surface area contributed by atoms with Crippen molar-refractivity contribution in [2.45, 2.75) is 26.4 Å². The number of carbonyl (C=O) groups is 1. The SMILES string of the molecule is Cc1ccc(C2c3cc(Cl)ccc3C(=O)N2Cc2ccccc2)cc1C. The van der Waals surface area contributed by atoms with E-state index < -0.39 is 0 Å². The van der Waals surface area contributed by atoms with E-state index in [-0.39, 0.29) is 11.9 Å². The smallest absolute Gasteiger partial charge is 0.255 e. The van der Waals surface area contributed by atoms with E-state index in [0.29, 0.717) is 11.6 Å². The molecule has 0 bridgehead atoms. The van der Waals surface area contributed by atoms with Crippen LogP contribution in [0.5, 0.6) is 0 Å². The highest BCUT2D eigenvalue weighted by Gasteiger charge is 2.37. The molecule has 0 radical (unpaired) electrons. The molecule has 26 heavy (non-hydrogen) atoms. The lowest BCUT2D eigenvalue weighted by Gasteiger charge is -2.26. The molecule has 1 heterocycles. The van der Waals surface area contributed by atoms with Gasteiger partial charge in [0, 0.05) is 17.1 Å². The van der Waals surface area contributed by atoms with Crippen molar-refractivity contribution in [3.63, 3.8) is 0 Å². The highest BCUT2D eigenvalue weighted by atomic mass is 35.5. The first-order chi connectivity index (χ1) is 12.5. The summed E-state index contributed by atoms with van der Waals surface area (Å²) in [4.78, 5) is 15.1. The third-order valence-electron chi connectivity index (χ3n) is 5.15. The van der Waals surface area contributed by atoms with Crippen LogP contribution < -0.4 is 0 Å². The fourth-order valence-corrected chi connectivity index (χ4v) is 3.81. The van der Waals surface area contributed by atoms with Crippen LogP contribution in [0.15, 0.2) is 66.7 Å². The van der Waals surface area contributed by atoms with Crippen molar-refractivity contribution in [1.29, 1.82) is 0 Å². The second kappa shape index (κ2) is 6.62. The minimum atomic E-state index is -0.115. The number of rotatable bonds is 3. The molecule has 0 fully saturated rings. The van der Waals surface area contributed by atoms with Gasteiger partial charge in [0.05, 0.1) is 6.04 Å². The van der Waals surface area contributed by atoms with Gasteiger partial charge in [0.2, 0.25) is 0 Å². The molecule has 2 nitrogen and oxygen atoms in total. The second-order valence-corrected chi connectivity index (χ2v) is 7.33. The molecule has 3 aromatic carbocycles. The Hall–Kier alpha value is -2.58. The average Bonchev–Trinajstić information content (AvgIpc) is 2.90. The Morgan fingerprint density at radius 2 is 1.69 bits per heavy atom. The van der Waals surface area contributed by atoms with Crippen LogP contribution in [0.3, 0.4) is 0 Å². The van der Waals surface area contributed by atoms with E-state index >= 15 is 0 Å². The topological polar surface area (TPSA) is 20.3 Å². The molecule has 0 N–H and O–H groups in total. The van der Waals surface area contributed by atoms with Crippen LogP contribution in [0.4, 0.5) is 0 Å². The van der Waals surface area contributed by atoms with Gasteiger partial charge in [-0.3, -0.25) is 4.79 Å². The monoisotopic (exact) mass is 361 g/mol. The van der Waals surface area contributed by atoms with Crippen LogP contribution in [0.1, 0.15) is 44.2 Å². The Morgan fingerprint density at radius 1 is 0.923 bits per heavy atom. The molecule has 3 aromatic rings. The molecule has 1 atom stereocenters. The van der Waals surface area contributed by atoms with Crippen molar-refractivity contribution in [1.82, 2.24) is 4.90 Å². The maximum absolute atomic E-state index is 13.1. The fraction of sp³-hybridized carbons (Fsp3) is 0.174. The first-order valence-corrected chi connectivity index (χ1v) is 9.14. The Kier molecular flexibility index (Phi) is 4.29. The number of fused-ring (bicyclic) bond motifs is 1. The first-order valence-electron chi connectivity index (χ1n) is 8.76. The lowest BCUT2D eigenvalue weighted by Crippen LogP contribution is -2.28. The van der Waals surface area contributed by atoms with Crippen molar-refractivity contribution in [2.24, 2.45) is 0 Å². The summed E-state index contributed by atoms with van der Waals surface area (Å²) in [5, 5.41) is 0.659. The van der Waals surface area contributed by atoms with Gasteiger partial charge in [-0.25, -0.2) is 0 Å². The van der Waals surface area contributed by atoms with E-state index in [2.05, 4.69) is 44.2 Å². The number of halogens is 1. The van der Waals surface area contributed by atoms with Crippen molar-refractivity contribution in [2.75, 3.05) is 0 Å². The molecule has 1 amide bonds. The van der Waals surface area contributed by atoms with Gasteiger partial charge in [0.15, 0.2) is 0 Å². The van der Waals surface area contributed by atoms with Crippen LogP contribution in [0, 0.1) is 13.8 Å². The number of aryl methyl sites for hydroxylation is 2. The third kappa shape index (κ3) is 2.91. The number of nitrogens with zero attached hydrogens (tertiary/aromatic N) is 1. The highest BCUT2D eigenvalue weighted by molar-refractivity contribution is 6.30. The van der Waals surface area contributed by atoms with E-state index in [0.717, 1.165) is 22.3 Å². The predicted octanol–water partition coefficient (Wildman–Crippen LogP) is 5.70. The number of amides is 1. The van der Waals surface area contributed by atoms with Gasteiger partial charge in [-0.05, 0) is 59.9 Å². The molecule has 0 saturated carbocycles. The van der Waals surface area contributed by atoms with Crippen molar-refractivity contribution in [3.8, 4) is 0 Å². The minimum absolute atomic E-state index is 0.0590. The number of hydrogen-bond donors (Lipinski definition) is 0. The zero-order chi connectivity index (χ0) is 18.3. The van der Waals surface area contributed by atoms with Crippen LogP contribution >= 0.6 is 11.6 Å². The fourth-order valence-electron chi connectivity index (χ4n) is 3.63. The molecule has 1 aliphatic heterocycles. The van der Waals surface area contributed by atoms with Gasteiger partial charge in [0.1, 0.15) is 0 Å². The molecule has 3 heteroatoms. The minimum Gasteiger partial charge on any atom is -0.323 e. The van der Waals surface area contributed by atoms with Crippen LogP contribution in [-0.2, 0) is 6.54 Å². The number of hydrogen-bond acceptors (Lipinski definition) is 1. The Balaban J connectivity index is 1.83. The summed E-state index contributed by atoms with van der Waals surface area (Å²) in [6.07, 6.45) is 0. The van der Waals surface area contributed by atoms with Crippen molar-refractivity contribution < 1.29 is 4.79 Å². The molecule has 0 spiro atoms. The predicted molar refractivity (Wildman–Crippen MR) is 106 cm³/mol. The zero-order valence-electron chi connectivity index (χ0n) is 14.9. The first kappa shape index (κ1) is 16.9. The maximum atomic E-state index is 13.1. The maximum Gasteiger partial charge on any atom is 0.255 e. The average molecular weight is 362 g/mol.